The van der Waals surface area contributed by atoms with Crippen molar-refractivity contribution < 1.29 is 29.3 Å². The fourth-order valence-electron chi connectivity index (χ4n) is 7.44. The van der Waals surface area contributed by atoms with Gasteiger partial charge >= 0.3 is 5.97 Å². The predicted octanol–water partition coefficient (Wildman–Crippen LogP) is 2.66. The molecule has 154 valence electrons. The molecule has 0 saturated heterocycles. The van der Waals surface area contributed by atoms with E-state index in [2.05, 4.69) is 0 Å². The van der Waals surface area contributed by atoms with Gasteiger partial charge in [0.2, 0.25) is 0 Å². The molecule has 0 heterocycles. The number of carboxylic acids is 1. The van der Waals surface area contributed by atoms with Gasteiger partial charge in [0.05, 0.1) is 6.10 Å². The summed E-state index contributed by atoms with van der Waals surface area (Å²) in [4.78, 5) is 23.3. The molecule has 4 rings (SSSR count). The summed E-state index contributed by atoms with van der Waals surface area (Å²) in [7, 11) is 0. The normalized spacial score (nSPS) is 51.0. The van der Waals surface area contributed by atoms with Crippen LogP contribution in [0.25, 0.3) is 0 Å². The summed E-state index contributed by atoms with van der Waals surface area (Å²) in [5.74, 6) is -2.59. The zero-order valence-corrected chi connectivity index (χ0v) is 16.6. The number of hydrogen-bond acceptors (Lipinski definition) is 4. The summed E-state index contributed by atoms with van der Waals surface area (Å²) in [5, 5.41) is 30.9. The fourth-order valence-corrected chi connectivity index (χ4v) is 7.44. The van der Waals surface area contributed by atoms with E-state index in [1.807, 2.05) is 13.8 Å². The minimum absolute atomic E-state index is 0.0797. The van der Waals surface area contributed by atoms with Crippen molar-refractivity contribution in [2.24, 2.45) is 34.5 Å². The third kappa shape index (κ3) is 2.25. The Morgan fingerprint density at radius 1 is 1.32 bits per heavy atom. The smallest absolute Gasteiger partial charge is 0.332 e. The third-order valence-electron chi connectivity index (χ3n) is 8.67. The third-order valence-corrected chi connectivity index (χ3v) is 8.67. The molecule has 4 aliphatic rings. The van der Waals surface area contributed by atoms with Crippen LogP contribution in [0.2, 0.25) is 0 Å². The van der Waals surface area contributed by atoms with Crippen molar-refractivity contribution in [3.05, 3.63) is 23.8 Å². The highest BCUT2D eigenvalue weighted by Gasteiger charge is 2.71. The summed E-state index contributed by atoms with van der Waals surface area (Å²) in [6, 6.07) is 0. The molecule has 0 radical (unpaired) electrons. The Labute approximate surface area is 164 Å². The van der Waals surface area contributed by atoms with Crippen LogP contribution < -0.4 is 0 Å². The number of carbonyl (C=O) groups excluding carboxylic acids is 1. The van der Waals surface area contributed by atoms with E-state index in [0.717, 1.165) is 5.57 Å². The average Bonchev–Trinajstić information content (AvgIpc) is 2.86. The summed E-state index contributed by atoms with van der Waals surface area (Å²) in [5.41, 5.74) is -2.88. The van der Waals surface area contributed by atoms with Gasteiger partial charge in [-0.2, -0.15) is 0 Å². The molecule has 5 nitrogen and oxygen atoms in total. The van der Waals surface area contributed by atoms with Crippen LogP contribution >= 0.6 is 0 Å². The van der Waals surface area contributed by atoms with Gasteiger partial charge in [-0.1, -0.05) is 25.5 Å². The summed E-state index contributed by atoms with van der Waals surface area (Å²) >= 11 is 0. The minimum atomic E-state index is -1.92. The Morgan fingerprint density at radius 3 is 2.64 bits per heavy atom. The first-order chi connectivity index (χ1) is 13.0. The van der Waals surface area contributed by atoms with E-state index in [0.29, 0.717) is 19.3 Å². The maximum absolute atomic E-state index is 16.8. The average molecular weight is 392 g/mol. The first-order valence-electron chi connectivity index (χ1n) is 10.2. The number of carbonyl (C=O) groups is 2. The predicted molar refractivity (Wildman–Crippen MR) is 100 cm³/mol. The van der Waals surface area contributed by atoms with Crippen molar-refractivity contribution in [2.45, 2.75) is 64.3 Å². The second-order valence-electron chi connectivity index (χ2n) is 9.87. The van der Waals surface area contributed by atoms with Crippen LogP contribution in [-0.4, -0.2) is 44.9 Å². The Morgan fingerprint density at radius 2 is 2.00 bits per heavy atom. The molecule has 0 aromatic rings. The Kier molecular flexibility index (Phi) is 4.23. The van der Waals surface area contributed by atoms with Gasteiger partial charge in [0, 0.05) is 17.3 Å². The number of aliphatic hydroxyl groups excluding tert-OH is 2. The van der Waals surface area contributed by atoms with Crippen LogP contribution in [-0.2, 0) is 9.59 Å². The largest absolute Gasteiger partial charge is 0.479 e. The first-order valence-corrected chi connectivity index (χ1v) is 10.2. The molecular weight excluding hydrogens is 363 g/mol. The molecule has 0 aromatic carbocycles. The number of carboxylic acid groups (broad SMARTS) is 1. The van der Waals surface area contributed by atoms with Crippen molar-refractivity contribution in [1.82, 2.24) is 0 Å². The highest BCUT2D eigenvalue weighted by molar-refractivity contribution is 6.01. The Bertz CT molecular complexity index is 790. The van der Waals surface area contributed by atoms with Crippen LogP contribution in [0.3, 0.4) is 0 Å². The number of fused-ring (bicyclic) bond motifs is 5. The zero-order chi connectivity index (χ0) is 20.6. The lowest BCUT2D eigenvalue weighted by molar-refractivity contribution is -0.202. The Balaban J connectivity index is 1.79. The number of rotatable bonds is 2. The van der Waals surface area contributed by atoms with Crippen molar-refractivity contribution in [2.75, 3.05) is 0 Å². The molecule has 0 aliphatic heterocycles. The highest BCUT2D eigenvalue weighted by atomic mass is 19.1. The summed E-state index contributed by atoms with van der Waals surface area (Å²) < 4.78 is 16.8. The number of hydrogen-bond donors (Lipinski definition) is 3. The van der Waals surface area contributed by atoms with Crippen LogP contribution in [0.4, 0.5) is 4.39 Å². The number of ketones is 1. The van der Waals surface area contributed by atoms with E-state index in [1.54, 1.807) is 13.0 Å². The molecule has 3 fully saturated rings. The monoisotopic (exact) mass is 392 g/mol. The lowest BCUT2D eigenvalue weighted by Crippen LogP contribution is -2.67. The zero-order valence-electron chi connectivity index (χ0n) is 16.6. The lowest BCUT2D eigenvalue weighted by Gasteiger charge is -2.62. The molecule has 0 spiro atoms. The molecule has 0 bridgehead atoms. The molecule has 6 heteroatoms. The van der Waals surface area contributed by atoms with Crippen molar-refractivity contribution in [1.29, 1.82) is 0 Å². The SMILES string of the molecule is C[C@H]1C[C@@H]2[C@@H]3CCC4=CC(=O)C=C[C@]4(C)[C@@]3(F)[C@@H](O)C[C@@]2(C)[C@@H]1[C@H](O)C(=O)O. The first kappa shape index (κ1) is 19.8. The number of allylic oxidation sites excluding steroid dienone is 4. The van der Waals surface area contributed by atoms with Gasteiger partial charge in [0.1, 0.15) is 0 Å². The number of aliphatic hydroxyl groups is 2. The van der Waals surface area contributed by atoms with Gasteiger partial charge in [-0.15, -0.1) is 0 Å². The van der Waals surface area contributed by atoms with E-state index in [4.69, 9.17) is 0 Å². The van der Waals surface area contributed by atoms with Crippen LogP contribution in [0.5, 0.6) is 0 Å². The van der Waals surface area contributed by atoms with Gasteiger partial charge < -0.3 is 15.3 Å². The van der Waals surface area contributed by atoms with Crippen LogP contribution in [0.1, 0.15) is 46.5 Å². The van der Waals surface area contributed by atoms with E-state index in [9.17, 15) is 24.9 Å². The van der Waals surface area contributed by atoms with Gasteiger partial charge in [0.25, 0.3) is 0 Å². The van der Waals surface area contributed by atoms with Crippen molar-refractivity contribution >= 4 is 11.8 Å². The number of alkyl halides is 1. The second-order valence-corrected chi connectivity index (χ2v) is 9.87. The second kappa shape index (κ2) is 5.99. The molecule has 28 heavy (non-hydrogen) atoms. The topological polar surface area (TPSA) is 94.8 Å². The fraction of sp³-hybridized carbons (Fsp3) is 0.727. The number of aliphatic carboxylic acids is 1. The van der Waals surface area contributed by atoms with Crippen molar-refractivity contribution in [3.63, 3.8) is 0 Å². The van der Waals surface area contributed by atoms with Crippen LogP contribution in [0, 0.1) is 34.5 Å². The lowest BCUT2D eigenvalue weighted by atomic mass is 9.45. The quantitative estimate of drug-likeness (QED) is 0.672. The standard InChI is InChI=1S/C22H29FO5/c1-11-8-15-14-5-4-12-9-13(24)6-7-21(12,3)22(14,23)16(25)10-20(15,2)17(11)18(26)19(27)28/h6-7,9,11,14-18,25-26H,4-5,8,10H2,1-3H3,(H,27,28)/t11-,14-,15+,16-,17-,18-,20+,21-,22-/m0/s1. The van der Waals surface area contributed by atoms with E-state index < -0.39 is 46.5 Å². The van der Waals surface area contributed by atoms with Crippen molar-refractivity contribution in [3.8, 4) is 0 Å². The molecule has 3 N–H and O–H groups in total. The molecule has 0 aromatic heterocycles. The highest BCUT2D eigenvalue weighted by Crippen LogP contribution is 2.70. The molecular formula is C22H29FO5. The minimum Gasteiger partial charge on any atom is -0.479 e. The van der Waals surface area contributed by atoms with Gasteiger partial charge in [0.15, 0.2) is 17.6 Å². The molecule has 3 saturated carbocycles. The van der Waals surface area contributed by atoms with E-state index in [-0.39, 0.29) is 24.0 Å². The maximum atomic E-state index is 16.8. The molecule has 0 amide bonds. The van der Waals surface area contributed by atoms with E-state index in [1.165, 1.54) is 12.2 Å². The Hall–Kier alpha value is -1.53. The number of halogens is 1. The molecule has 9 atom stereocenters. The van der Waals surface area contributed by atoms with Gasteiger partial charge in [-0.05, 0) is 62.0 Å². The summed E-state index contributed by atoms with van der Waals surface area (Å²) in [6.07, 6.45) is 3.53. The van der Waals surface area contributed by atoms with Crippen LogP contribution in [0.15, 0.2) is 23.8 Å². The van der Waals surface area contributed by atoms with Gasteiger partial charge in [-0.25, -0.2) is 9.18 Å². The van der Waals surface area contributed by atoms with E-state index >= 15 is 4.39 Å². The molecule has 0 unspecified atom stereocenters. The molecule has 4 aliphatic carbocycles. The van der Waals surface area contributed by atoms with Gasteiger partial charge in [-0.3, -0.25) is 4.79 Å². The summed E-state index contributed by atoms with van der Waals surface area (Å²) in [6.45, 7) is 5.60. The maximum Gasteiger partial charge on any atom is 0.332 e.